The van der Waals surface area contributed by atoms with Gasteiger partial charge in [0.15, 0.2) is 17.3 Å². The number of fused-ring (bicyclic) bond motifs is 1. The van der Waals surface area contributed by atoms with E-state index >= 15 is 0 Å². The van der Waals surface area contributed by atoms with Crippen LogP contribution < -0.4 is 9.47 Å². The van der Waals surface area contributed by atoms with E-state index in [9.17, 15) is 14.4 Å². The second-order valence-electron chi connectivity index (χ2n) is 8.96. The molecule has 0 radical (unpaired) electrons. The largest absolute Gasteiger partial charge is 0.454 e. The lowest BCUT2D eigenvalue weighted by molar-refractivity contribution is -0.143. The minimum Gasteiger partial charge on any atom is -0.454 e. The number of ether oxygens (including phenoxy) is 2. The standard InChI is InChI=1S/C26H25N3O6/c1-17-10-20(35-27-17)15-28(2)23(30)12-26(19-6-4-3-5-7-19)13-24(31)29(25(26)32)14-18-8-9-21-22(11-18)34-16-33-21/h3-11H,12-16H2,1-2H3/t26-/m0/s1. The van der Waals surface area contributed by atoms with Gasteiger partial charge in [-0.1, -0.05) is 41.6 Å². The second kappa shape index (κ2) is 8.90. The lowest BCUT2D eigenvalue weighted by Gasteiger charge is -2.29. The summed E-state index contributed by atoms with van der Waals surface area (Å²) in [6.07, 6.45) is -0.218. The van der Waals surface area contributed by atoms with Crippen molar-refractivity contribution in [1.29, 1.82) is 0 Å². The fourth-order valence-electron chi connectivity index (χ4n) is 4.61. The van der Waals surface area contributed by atoms with Crippen LogP contribution in [0.4, 0.5) is 0 Å². The number of imide groups is 1. The van der Waals surface area contributed by atoms with E-state index in [0.717, 1.165) is 11.3 Å². The van der Waals surface area contributed by atoms with Gasteiger partial charge in [-0.15, -0.1) is 0 Å². The number of aryl methyl sites for hydroxylation is 1. The Morgan fingerprint density at radius 3 is 2.60 bits per heavy atom. The first kappa shape index (κ1) is 22.6. The van der Waals surface area contributed by atoms with Gasteiger partial charge in [0.1, 0.15) is 0 Å². The van der Waals surface area contributed by atoms with Gasteiger partial charge in [0.25, 0.3) is 0 Å². The van der Waals surface area contributed by atoms with Gasteiger partial charge in [0, 0.05) is 26.0 Å². The SMILES string of the molecule is Cc1cc(CN(C)C(=O)C[C@@]2(c3ccccc3)CC(=O)N(Cc3ccc4c(c3)OCO4)C2=O)on1. The molecule has 1 fully saturated rings. The summed E-state index contributed by atoms with van der Waals surface area (Å²) in [5.74, 6) is 0.776. The minimum absolute atomic E-state index is 0.0820. The molecular formula is C26H25N3O6. The number of carbonyl (C=O) groups is 3. The number of benzene rings is 2. The van der Waals surface area contributed by atoms with Crippen molar-refractivity contribution >= 4 is 17.7 Å². The molecule has 0 unspecified atom stereocenters. The molecule has 5 rings (SSSR count). The summed E-state index contributed by atoms with van der Waals surface area (Å²) in [5, 5.41) is 3.85. The third-order valence-corrected chi connectivity index (χ3v) is 6.46. The maximum absolute atomic E-state index is 13.8. The molecule has 1 aromatic heterocycles. The van der Waals surface area contributed by atoms with Crippen LogP contribution in [0.3, 0.4) is 0 Å². The zero-order valence-corrected chi connectivity index (χ0v) is 19.5. The van der Waals surface area contributed by atoms with Crippen molar-refractivity contribution in [3.8, 4) is 11.5 Å². The number of aromatic nitrogens is 1. The number of hydrogen-bond acceptors (Lipinski definition) is 7. The maximum atomic E-state index is 13.8. The molecule has 9 nitrogen and oxygen atoms in total. The summed E-state index contributed by atoms with van der Waals surface area (Å²) in [7, 11) is 1.64. The summed E-state index contributed by atoms with van der Waals surface area (Å²) in [6, 6.07) is 16.1. The first-order valence-corrected chi connectivity index (χ1v) is 11.3. The van der Waals surface area contributed by atoms with Crippen molar-refractivity contribution in [2.75, 3.05) is 13.8 Å². The first-order chi connectivity index (χ1) is 16.9. The molecule has 3 aromatic rings. The Bertz CT molecular complexity index is 1290. The van der Waals surface area contributed by atoms with Crippen molar-refractivity contribution in [2.45, 2.75) is 38.3 Å². The zero-order chi connectivity index (χ0) is 24.6. The van der Waals surface area contributed by atoms with Gasteiger partial charge < -0.3 is 18.9 Å². The van der Waals surface area contributed by atoms with Crippen molar-refractivity contribution in [3.63, 3.8) is 0 Å². The smallest absolute Gasteiger partial charge is 0.241 e. The van der Waals surface area contributed by atoms with E-state index in [-0.39, 0.29) is 50.4 Å². The number of likely N-dealkylation sites (tertiary alicyclic amines) is 1. The molecule has 0 bridgehead atoms. The van der Waals surface area contributed by atoms with E-state index in [0.29, 0.717) is 22.8 Å². The fraction of sp³-hybridized carbons (Fsp3) is 0.308. The van der Waals surface area contributed by atoms with Crippen molar-refractivity contribution < 1.29 is 28.4 Å². The molecule has 1 saturated heterocycles. The van der Waals surface area contributed by atoms with E-state index in [1.807, 2.05) is 6.07 Å². The highest BCUT2D eigenvalue weighted by Gasteiger charge is 2.54. The molecule has 35 heavy (non-hydrogen) atoms. The molecule has 3 amide bonds. The van der Waals surface area contributed by atoms with Crippen LogP contribution in [0.5, 0.6) is 11.5 Å². The quantitative estimate of drug-likeness (QED) is 0.484. The number of amides is 3. The number of rotatable bonds is 7. The average Bonchev–Trinajstić information content (AvgIpc) is 3.54. The van der Waals surface area contributed by atoms with Gasteiger partial charge in [-0.05, 0) is 30.2 Å². The molecule has 180 valence electrons. The van der Waals surface area contributed by atoms with E-state index < -0.39 is 5.41 Å². The van der Waals surface area contributed by atoms with E-state index in [4.69, 9.17) is 14.0 Å². The Balaban J connectivity index is 1.41. The number of nitrogens with zero attached hydrogens (tertiary/aromatic N) is 3. The maximum Gasteiger partial charge on any atom is 0.241 e. The molecule has 2 aliphatic rings. The Morgan fingerprint density at radius 2 is 1.86 bits per heavy atom. The van der Waals surface area contributed by atoms with Crippen LogP contribution in [0.25, 0.3) is 0 Å². The van der Waals surface area contributed by atoms with Crippen molar-refractivity contribution in [1.82, 2.24) is 15.0 Å². The zero-order valence-electron chi connectivity index (χ0n) is 19.5. The third kappa shape index (κ3) is 4.25. The van der Waals surface area contributed by atoms with Crippen molar-refractivity contribution in [2.24, 2.45) is 0 Å². The van der Waals surface area contributed by atoms with Crippen molar-refractivity contribution in [3.05, 3.63) is 77.2 Å². The average molecular weight is 476 g/mol. The highest BCUT2D eigenvalue weighted by molar-refractivity contribution is 6.10. The monoisotopic (exact) mass is 475 g/mol. The van der Waals surface area contributed by atoms with Crippen LogP contribution in [-0.2, 0) is 32.9 Å². The summed E-state index contributed by atoms with van der Waals surface area (Å²) in [5.41, 5.74) is 0.822. The summed E-state index contributed by atoms with van der Waals surface area (Å²) in [6.45, 7) is 2.25. The number of hydrogen-bond donors (Lipinski definition) is 0. The molecule has 1 atom stereocenters. The second-order valence-corrected chi connectivity index (χ2v) is 8.96. The summed E-state index contributed by atoms with van der Waals surface area (Å²) < 4.78 is 16.0. The Labute approximate surface area is 202 Å². The molecule has 0 spiro atoms. The predicted molar refractivity (Wildman–Crippen MR) is 123 cm³/mol. The van der Waals surface area contributed by atoms with Gasteiger partial charge in [0.2, 0.25) is 24.5 Å². The van der Waals surface area contributed by atoms with Gasteiger partial charge in [-0.3, -0.25) is 19.3 Å². The Hall–Kier alpha value is -4.14. The predicted octanol–water partition coefficient (Wildman–Crippen LogP) is 2.96. The molecule has 2 aliphatic heterocycles. The Kier molecular flexibility index (Phi) is 5.76. The van der Waals surface area contributed by atoms with E-state index in [2.05, 4.69) is 5.16 Å². The van der Waals surface area contributed by atoms with Gasteiger partial charge in [0.05, 0.1) is 24.2 Å². The molecule has 2 aromatic carbocycles. The van der Waals surface area contributed by atoms with E-state index in [1.165, 1.54) is 9.80 Å². The van der Waals surface area contributed by atoms with Crippen LogP contribution in [0.2, 0.25) is 0 Å². The number of carbonyl (C=O) groups excluding carboxylic acids is 3. The minimum atomic E-state index is -1.28. The van der Waals surface area contributed by atoms with Crippen LogP contribution in [0, 0.1) is 6.92 Å². The topological polar surface area (TPSA) is 102 Å². The molecule has 3 heterocycles. The summed E-state index contributed by atoms with van der Waals surface area (Å²) in [4.78, 5) is 43.0. The molecule has 0 aliphatic carbocycles. The van der Waals surface area contributed by atoms with Crippen LogP contribution in [0.1, 0.15) is 35.4 Å². The first-order valence-electron chi connectivity index (χ1n) is 11.3. The third-order valence-electron chi connectivity index (χ3n) is 6.46. The van der Waals surface area contributed by atoms with E-state index in [1.54, 1.807) is 62.5 Å². The van der Waals surface area contributed by atoms with Gasteiger partial charge in [-0.2, -0.15) is 0 Å². The van der Waals surface area contributed by atoms with Gasteiger partial charge >= 0.3 is 0 Å². The lowest BCUT2D eigenvalue weighted by atomic mass is 9.75. The lowest BCUT2D eigenvalue weighted by Crippen LogP contribution is -2.42. The Morgan fingerprint density at radius 1 is 1.09 bits per heavy atom. The molecule has 9 heteroatoms. The molecular weight excluding hydrogens is 450 g/mol. The van der Waals surface area contributed by atoms with Crippen LogP contribution in [-0.4, -0.2) is 46.5 Å². The highest BCUT2D eigenvalue weighted by atomic mass is 16.7. The van der Waals surface area contributed by atoms with Crippen LogP contribution in [0.15, 0.2) is 59.1 Å². The molecule has 0 N–H and O–H groups in total. The fourth-order valence-corrected chi connectivity index (χ4v) is 4.61. The highest BCUT2D eigenvalue weighted by Crippen LogP contribution is 2.41. The van der Waals surface area contributed by atoms with Crippen LogP contribution >= 0.6 is 0 Å². The van der Waals surface area contributed by atoms with Gasteiger partial charge in [-0.25, -0.2) is 0 Å². The molecule has 0 saturated carbocycles. The summed E-state index contributed by atoms with van der Waals surface area (Å²) >= 11 is 0. The normalized spacial score (nSPS) is 18.9.